The van der Waals surface area contributed by atoms with Gasteiger partial charge in [0.1, 0.15) is 5.01 Å². The first-order valence-electron chi connectivity index (χ1n) is 5.22. The second-order valence-electron chi connectivity index (χ2n) is 3.67. The molecule has 1 amide bonds. The SMILES string of the molecule is NCC(=O)N1CCCCC1c1nccs1. The van der Waals surface area contributed by atoms with Crippen LogP contribution in [0.1, 0.15) is 30.3 Å². The first-order chi connectivity index (χ1) is 7.33. The third kappa shape index (κ3) is 2.18. The Morgan fingerprint density at radius 1 is 1.67 bits per heavy atom. The Bertz CT molecular complexity index is 325. The molecule has 2 rings (SSSR count). The van der Waals surface area contributed by atoms with Crippen LogP contribution in [0, 0.1) is 0 Å². The van der Waals surface area contributed by atoms with Gasteiger partial charge in [-0.3, -0.25) is 4.79 Å². The highest BCUT2D eigenvalue weighted by molar-refractivity contribution is 7.09. The number of nitrogens with zero attached hydrogens (tertiary/aromatic N) is 2. The number of nitrogens with two attached hydrogens (primary N) is 1. The first-order valence-corrected chi connectivity index (χ1v) is 6.10. The second kappa shape index (κ2) is 4.72. The molecule has 4 nitrogen and oxygen atoms in total. The van der Waals surface area contributed by atoms with E-state index in [9.17, 15) is 4.79 Å². The van der Waals surface area contributed by atoms with Crippen LogP contribution in [-0.4, -0.2) is 28.9 Å². The lowest BCUT2D eigenvalue weighted by Crippen LogP contribution is -2.41. The van der Waals surface area contributed by atoms with E-state index < -0.39 is 0 Å². The first kappa shape index (κ1) is 10.6. The normalized spacial score (nSPS) is 21.7. The number of hydrogen-bond donors (Lipinski definition) is 1. The molecule has 1 aliphatic heterocycles. The molecule has 0 aliphatic carbocycles. The number of carbonyl (C=O) groups is 1. The van der Waals surface area contributed by atoms with E-state index in [-0.39, 0.29) is 18.5 Å². The Morgan fingerprint density at radius 3 is 3.20 bits per heavy atom. The van der Waals surface area contributed by atoms with E-state index in [0.717, 1.165) is 24.4 Å². The molecule has 1 atom stereocenters. The molecule has 0 spiro atoms. The zero-order valence-corrected chi connectivity index (χ0v) is 9.37. The van der Waals surface area contributed by atoms with Gasteiger partial charge < -0.3 is 10.6 Å². The van der Waals surface area contributed by atoms with Crippen LogP contribution < -0.4 is 5.73 Å². The summed E-state index contributed by atoms with van der Waals surface area (Å²) >= 11 is 1.62. The number of hydrogen-bond acceptors (Lipinski definition) is 4. The minimum Gasteiger partial charge on any atom is -0.332 e. The van der Waals surface area contributed by atoms with Crippen molar-refractivity contribution in [2.45, 2.75) is 25.3 Å². The summed E-state index contributed by atoms with van der Waals surface area (Å²) < 4.78 is 0. The van der Waals surface area contributed by atoms with Crippen LogP contribution in [0.25, 0.3) is 0 Å². The topological polar surface area (TPSA) is 59.2 Å². The van der Waals surface area contributed by atoms with Crippen molar-refractivity contribution in [3.8, 4) is 0 Å². The van der Waals surface area contributed by atoms with Crippen molar-refractivity contribution in [2.24, 2.45) is 5.73 Å². The molecule has 1 saturated heterocycles. The third-order valence-corrected chi connectivity index (χ3v) is 3.61. The van der Waals surface area contributed by atoms with Gasteiger partial charge in [0.25, 0.3) is 0 Å². The maximum absolute atomic E-state index is 11.7. The van der Waals surface area contributed by atoms with Crippen molar-refractivity contribution in [3.63, 3.8) is 0 Å². The molecule has 5 heteroatoms. The highest BCUT2D eigenvalue weighted by atomic mass is 32.1. The fourth-order valence-corrected chi connectivity index (χ4v) is 2.79. The van der Waals surface area contributed by atoms with Gasteiger partial charge in [-0.2, -0.15) is 0 Å². The summed E-state index contributed by atoms with van der Waals surface area (Å²) in [4.78, 5) is 17.8. The maximum Gasteiger partial charge on any atom is 0.236 e. The Labute approximate surface area is 93.1 Å². The predicted molar refractivity (Wildman–Crippen MR) is 59.5 cm³/mol. The smallest absolute Gasteiger partial charge is 0.236 e. The lowest BCUT2D eigenvalue weighted by Gasteiger charge is -2.34. The number of rotatable bonds is 2. The van der Waals surface area contributed by atoms with Crippen LogP contribution in [-0.2, 0) is 4.79 Å². The van der Waals surface area contributed by atoms with Crippen LogP contribution in [0.4, 0.5) is 0 Å². The van der Waals surface area contributed by atoms with Crippen LogP contribution in [0.3, 0.4) is 0 Å². The molecule has 0 bridgehead atoms. The Kier molecular flexibility index (Phi) is 3.33. The van der Waals surface area contributed by atoms with Crippen molar-refractivity contribution in [2.75, 3.05) is 13.1 Å². The van der Waals surface area contributed by atoms with Gasteiger partial charge >= 0.3 is 0 Å². The standard InChI is InChI=1S/C10H15N3OS/c11-7-9(14)13-5-2-1-3-8(13)10-12-4-6-15-10/h4,6,8H,1-3,5,7,11H2. The van der Waals surface area contributed by atoms with Gasteiger partial charge in [-0.1, -0.05) is 0 Å². The molecular weight excluding hydrogens is 210 g/mol. The van der Waals surface area contributed by atoms with E-state index in [2.05, 4.69) is 4.98 Å². The van der Waals surface area contributed by atoms with E-state index >= 15 is 0 Å². The van der Waals surface area contributed by atoms with Gasteiger partial charge in [-0.15, -0.1) is 11.3 Å². The van der Waals surface area contributed by atoms with Crippen molar-refractivity contribution in [1.82, 2.24) is 9.88 Å². The Morgan fingerprint density at radius 2 is 2.53 bits per heavy atom. The van der Waals surface area contributed by atoms with Crippen LogP contribution in [0.5, 0.6) is 0 Å². The van der Waals surface area contributed by atoms with Crippen LogP contribution in [0.2, 0.25) is 0 Å². The number of carbonyl (C=O) groups excluding carboxylic acids is 1. The summed E-state index contributed by atoms with van der Waals surface area (Å²) in [6.45, 7) is 0.919. The molecule has 82 valence electrons. The lowest BCUT2D eigenvalue weighted by atomic mass is 10.0. The summed E-state index contributed by atoms with van der Waals surface area (Å²) in [6.07, 6.45) is 5.05. The van der Waals surface area contributed by atoms with Gasteiger partial charge in [0.2, 0.25) is 5.91 Å². The zero-order valence-electron chi connectivity index (χ0n) is 8.56. The molecule has 2 heterocycles. The Balaban J connectivity index is 2.16. The fraction of sp³-hybridized carbons (Fsp3) is 0.600. The molecule has 1 fully saturated rings. The maximum atomic E-state index is 11.7. The minimum absolute atomic E-state index is 0.0369. The summed E-state index contributed by atoms with van der Waals surface area (Å²) in [7, 11) is 0. The summed E-state index contributed by atoms with van der Waals surface area (Å²) in [5, 5.41) is 2.99. The van der Waals surface area contributed by atoms with Gasteiger partial charge in [0.05, 0.1) is 12.6 Å². The largest absolute Gasteiger partial charge is 0.332 e. The average molecular weight is 225 g/mol. The summed E-state index contributed by atoms with van der Waals surface area (Å²) in [5.41, 5.74) is 5.41. The highest BCUT2D eigenvalue weighted by Gasteiger charge is 2.28. The molecular formula is C10H15N3OS. The average Bonchev–Trinajstić information content (AvgIpc) is 2.81. The zero-order chi connectivity index (χ0) is 10.7. The molecule has 1 aromatic rings. The highest BCUT2D eigenvalue weighted by Crippen LogP contribution is 2.31. The number of piperidine rings is 1. The van der Waals surface area contributed by atoms with Crippen LogP contribution in [0.15, 0.2) is 11.6 Å². The van der Waals surface area contributed by atoms with Crippen molar-refractivity contribution >= 4 is 17.2 Å². The number of likely N-dealkylation sites (tertiary alicyclic amines) is 1. The second-order valence-corrected chi connectivity index (χ2v) is 4.60. The van der Waals surface area contributed by atoms with Crippen molar-refractivity contribution in [1.29, 1.82) is 0 Å². The van der Waals surface area contributed by atoms with Crippen molar-refractivity contribution in [3.05, 3.63) is 16.6 Å². The molecule has 1 aromatic heterocycles. The fourth-order valence-electron chi connectivity index (χ4n) is 2.00. The van der Waals surface area contributed by atoms with E-state index in [1.165, 1.54) is 6.42 Å². The van der Waals surface area contributed by atoms with E-state index in [4.69, 9.17) is 5.73 Å². The molecule has 0 aromatic carbocycles. The molecule has 15 heavy (non-hydrogen) atoms. The van der Waals surface area contributed by atoms with Gasteiger partial charge in [0, 0.05) is 18.1 Å². The van der Waals surface area contributed by atoms with Gasteiger partial charge in [-0.25, -0.2) is 4.98 Å². The van der Waals surface area contributed by atoms with E-state index in [1.807, 2.05) is 10.3 Å². The van der Waals surface area contributed by atoms with Gasteiger partial charge in [-0.05, 0) is 19.3 Å². The Hall–Kier alpha value is -0.940. The predicted octanol–water partition coefficient (Wildman–Crippen LogP) is 1.16. The molecule has 2 N–H and O–H groups in total. The van der Waals surface area contributed by atoms with E-state index in [1.54, 1.807) is 17.5 Å². The molecule has 1 unspecified atom stereocenters. The monoisotopic (exact) mass is 225 g/mol. The quantitative estimate of drug-likeness (QED) is 0.821. The molecule has 0 radical (unpaired) electrons. The summed E-state index contributed by atoms with van der Waals surface area (Å²) in [5.74, 6) is 0.0369. The molecule has 0 saturated carbocycles. The van der Waals surface area contributed by atoms with Crippen molar-refractivity contribution < 1.29 is 4.79 Å². The third-order valence-electron chi connectivity index (χ3n) is 2.73. The van der Waals surface area contributed by atoms with Gasteiger partial charge in [0.15, 0.2) is 0 Å². The lowest BCUT2D eigenvalue weighted by molar-refractivity contribution is -0.133. The number of aromatic nitrogens is 1. The van der Waals surface area contributed by atoms with Crippen LogP contribution >= 0.6 is 11.3 Å². The number of amides is 1. The van der Waals surface area contributed by atoms with E-state index in [0.29, 0.717) is 0 Å². The minimum atomic E-state index is 0.0369. The summed E-state index contributed by atoms with van der Waals surface area (Å²) in [6, 6.07) is 0.162. The molecule has 1 aliphatic rings. The number of thiazole rings is 1.